The van der Waals surface area contributed by atoms with Gasteiger partial charge in [-0.2, -0.15) is 0 Å². The fourth-order valence-electron chi connectivity index (χ4n) is 9.67. The molecular weight excluding hydrogens is 937 g/mol. The number of hydrogen-bond donors (Lipinski definition) is 0. The van der Waals surface area contributed by atoms with E-state index in [9.17, 15) is 14.4 Å². The molecule has 0 aromatic heterocycles. The molecule has 0 amide bonds. The van der Waals surface area contributed by atoms with Crippen LogP contribution in [0.2, 0.25) is 0 Å². The molecule has 0 bridgehead atoms. The number of carbonyl (C=O) groups is 3. The average Bonchev–Trinajstić information content (AvgIpc) is 3.42. The molecule has 0 rings (SSSR count). The van der Waals surface area contributed by atoms with Crippen LogP contribution in [0.3, 0.4) is 0 Å². The van der Waals surface area contributed by atoms with Crippen molar-refractivity contribution in [2.45, 2.75) is 354 Å². The zero-order valence-electron chi connectivity index (χ0n) is 50.8. The Morgan fingerprint density at radius 3 is 0.829 bits per heavy atom. The molecule has 442 valence electrons. The van der Waals surface area contributed by atoms with Gasteiger partial charge in [0.15, 0.2) is 6.10 Å². The zero-order valence-corrected chi connectivity index (χ0v) is 50.8. The van der Waals surface area contributed by atoms with E-state index in [1.165, 1.54) is 199 Å². The third-order valence-electron chi connectivity index (χ3n) is 14.7. The molecule has 0 aliphatic heterocycles. The molecule has 0 aliphatic carbocycles. The number of allylic oxidation sites excluding steroid dienone is 10. The topological polar surface area (TPSA) is 78.9 Å². The highest BCUT2D eigenvalue weighted by Crippen LogP contribution is 2.17. The fourth-order valence-corrected chi connectivity index (χ4v) is 9.67. The standard InChI is InChI=1S/C70H126O6/c1-4-7-10-13-16-19-22-25-27-28-29-30-31-32-33-34-35-36-37-38-39-40-41-42-43-46-48-51-54-57-60-63-69(72)75-66-67(65-74-68(71)62-59-56-53-50-47-44-24-21-18-15-12-9-6-3)76-70(73)64-61-58-55-52-49-45-26-23-20-17-14-11-8-5-2/h12,14-15,17,21,23-24,26,28-29,67H,4-11,13,16,18-20,22,25,27,30-66H2,1-3H3/b15-12-,17-14-,24-21-,26-23-,29-28-. The van der Waals surface area contributed by atoms with Crippen LogP contribution in [0.15, 0.2) is 60.8 Å². The summed E-state index contributed by atoms with van der Waals surface area (Å²) in [5.41, 5.74) is 0. The molecule has 0 radical (unpaired) electrons. The number of rotatable bonds is 61. The highest BCUT2D eigenvalue weighted by Gasteiger charge is 2.19. The van der Waals surface area contributed by atoms with E-state index < -0.39 is 6.10 Å². The highest BCUT2D eigenvalue weighted by molar-refractivity contribution is 5.71. The van der Waals surface area contributed by atoms with Gasteiger partial charge in [0.25, 0.3) is 0 Å². The lowest BCUT2D eigenvalue weighted by molar-refractivity contribution is -0.167. The van der Waals surface area contributed by atoms with E-state index in [1.54, 1.807) is 0 Å². The minimum Gasteiger partial charge on any atom is -0.462 e. The van der Waals surface area contributed by atoms with Crippen LogP contribution in [0.5, 0.6) is 0 Å². The van der Waals surface area contributed by atoms with Gasteiger partial charge in [-0.05, 0) is 96.3 Å². The summed E-state index contributed by atoms with van der Waals surface area (Å²) in [6.07, 6.45) is 82.6. The van der Waals surface area contributed by atoms with Crippen LogP contribution in [-0.4, -0.2) is 37.2 Å². The van der Waals surface area contributed by atoms with Gasteiger partial charge in [-0.25, -0.2) is 0 Å². The number of carbonyl (C=O) groups excluding carboxylic acids is 3. The maximum atomic E-state index is 12.9. The maximum Gasteiger partial charge on any atom is 0.306 e. The molecule has 1 atom stereocenters. The van der Waals surface area contributed by atoms with Crippen LogP contribution in [0, 0.1) is 0 Å². The van der Waals surface area contributed by atoms with Gasteiger partial charge >= 0.3 is 17.9 Å². The molecule has 0 saturated carbocycles. The lowest BCUT2D eigenvalue weighted by Gasteiger charge is -2.18. The Labute approximate surface area is 472 Å². The van der Waals surface area contributed by atoms with Crippen LogP contribution < -0.4 is 0 Å². The predicted octanol–water partition coefficient (Wildman–Crippen LogP) is 22.7. The SMILES string of the molecule is CCC/C=C\C/C=C\CCCCCCCC(=O)OCC(COC(=O)CCCCCCCCCCCCCCCCCCCCC/C=C\CCCCCCCCCC)OC(=O)CCCCCCC/C=C\C/C=C\CCCC. The minimum absolute atomic E-state index is 0.0819. The second-order valence-electron chi connectivity index (χ2n) is 22.4. The van der Waals surface area contributed by atoms with Gasteiger partial charge in [-0.3, -0.25) is 14.4 Å². The molecule has 0 aromatic rings. The zero-order chi connectivity index (χ0) is 55.0. The summed E-state index contributed by atoms with van der Waals surface area (Å²) < 4.78 is 16.9. The van der Waals surface area contributed by atoms with Crippen molar-refractivity contribution in [3.63, 3.8) is 0 Å². The van der Waals surface area contributed by atoms with Crippen molar-refractivity contribution >= 4 is 17.9 Å². The van der Waals surface area contributed by atoms with Crippen LogP contribution in [0.4, 0.5) is 0 Å². The first-order valence-corrected chi connectivity index (χ1v) is 33.3. The summed E-state index contributed by atoms with van der Waals surface area (Å²) in [6, 6.07) is 0. The number of ether oxygens (including phenoxy) is 3. The van der Waals surface area contributed by atoms with E-state index in [1.807, 2.05) is 0 Å². The first kappa shape index (κ1) is 73.1. The number of hydrogen-bond acceptors (Lipinski definition) is 6. The molecule has 0 saturated heterocycles. The van der Waals surface area contributed by atoms with Crippen molar-refractivity contribution in [2.75, 3.05) is 13.2 Å². The molecule has 1 unspecified atom stereocenters. The predicted molar refractivity (Wildman–Crippen MR) is 330 cm³/mol. The van der Waals surface area contributed by atoms with Crippen molar-refractivity contribution < 1.29 is 28.6 Å². The van der Waals surface area contributed by atoms with Gasteiger partial charge in [-0.15, -0.1) is 0 Å². The molecule has 0 heterocycles. The van der Waals surface area contributed by atoms with Crippen molar-refractivity contribution in [1.82, 2.24) is 0 Å². The smallest absolute Gasteiger partial charge is 0.306 e. The molecule has 0 aliphatic rings. The molecule has 0 aromatic carbocycles. The normalized spacial score (nSPS) is 12.4. The van der Waals surface area contributed by atoms with Crippen molar-refractivity contribution in [1.29, 1.82) is 0 Å². The minimum atomic E-state index is -0.786. The third kappa shape index (κ3) is 62.0. The first-order chi connectivity index (χ1) is 37.5. The summed E-state index contributed by atoms with van der Waals surface area (Å²) in [4.78, 5) is 38.2. The van der Waals surface area contributed by atoms with Gasteiger partial charge in [0.2, 0.25) is 0 Å². The van der Waals surface area contributed by atoms with E-state index >= 15 is 0 Å². The Hall–Kier alpha value is -2.89. The Balaban J connectivity index is 4.13. The van der Waals surface area contributed by atoms with Crippen LogP contribution in [0.25, 0.3) is 0 Å². The molecule has 0 N–H and O–H groups in total. The summed E-state index contributed by atoms with van der Waals surface area (Å²) >= 11 is 0. The summed E-state index contributed by atoms with van der Waals surface area (Å²) in [7, 11) is 0. The molecule has 6 heteroatoms. The van der Waals surface area contributed by atoms with E-state index in [0.717, 1.165) is 109 Å². The van der Waals surface area contributed by atoms with Gasteiger partial charge in [-0.1, -0.05) is 293 Å². The quantitative estimate of drug-likeness (QED) is 0.0261. The average molecular weight is 1060 g/mol. The summed E-state index contributed by atoms with van der Waals surface area (Å²) in [6.45, 7) is 6.55. The molecule has 6 nitrogen and oxygen atoms in total. The Kier molecular flexibility index (Phi) is 62.2. The van der Waals surface area contributed by atoms with Gasteiger partial charge in [0.1, 0.15) is 13.2 Å². The second-order valence-corrected chi connectivity index (χ2v) is 22.4. The van der Waals surface area contributed by atoms with Gasteiger partial charge in [0.05, 0.1) is 0 Å². The second kappa shape index (κ2) is 64.6. The number of unbranched alkanes of at least 4 members (excludes halogenated alkanes) is 40. The first-order valence-electron chi connectivity index (χ1n) is 33.3. The summed E-state index contributed by atoms with van der Waals surface area (Å²) in [5.74, 6) is -0.895. The summed E-state index contributed by atoms with van der Waals surface area (Å²) in [5, 5.41) is 0. The third-order valence-corrected chi connectivity index (χ3v) is 14.7. The molecule has 0 fully saturated rings. The van der Waals surface area contributed by atoms with E-state index in [-0.39, 0.29) is 31.1 Å². The van der Waals surface area contributed by atoms with E-state index in [2.05, 4.69) is 81.5 Å². The van der Waals surface area contributed by atoms with Crippen molar-refractivity contribution in [2.24, 2.45) is 0 Å². The van der Waals surface area contributed by atoms with Gasteiger partial charge in [0, 0.05) is 19.3 Å². The monoisotopic (exact) mass is 1060 g/mol. The highest BCUT2D eigenvalue weighted by atomic mass is 16.6. The molecule has 0 spiro atoms. The van der Waals surface area contributed by atoms with Crippen molar-refractivity contribution in [3.8, 4) is 0 Å². The van der Waals surface area contributed by atoms with Gasteiger partial charge < -0.3 is 14.2 Å². The lowest BCUT2D eigenvalue weighted by atomic mass is 10.0. The van der Waals surface area contributed by atoms with E-state index in [0.29, 0.717) is 19.3 Å². The van der Waals surface area contributed by atoms with Crippen molar-refractivity contribution in [3.05, 3.63) is 60.8 Å². The Morgan fingerprint density at radius 2 is 0.513 bits per heavy atom. The Bertz CT molecular complexity index is 1360. The fraction of sp³-hybridized carbons (Fsp3) is 0.814. The number of esters is 3. The maximum absolute atomic E-state index is 12.9. The van der Waals surface area contributed by atoms with Crippen LogP contribution in [-0.2, 0) is 28.6 Å². The molecule has 76 heavy (non-hydrogen) atoms. The lowest BCUT2D eigenvalue weighted by Crippen LogP contribution is -2.30. The Morgan fingerprint density at radius 1 is 0.263 bits per heavy atom. The van der Waals surface area contributed by atoms with E-state index in [4.69, 9.17) is 14.2 Å². The van der Waals surface area contributed by atoms with Crippen LogP contribution >= 0.6 is 0 Å². The van der Waals surface area contributed by atoms with Crippen LogP contribution in [0.1, 0.15) is 348 Å². The molecular formula is C70H126O6. The largest absolute Gasteiger partial charge is 0.462 e.